The number of carbonyl (C=O) groups is 1. The first kappa shape index (κ1) is 14.7. The Hall–Kier alpha value is -2.20. The van der Waals surface area contributed by atoms with E-state index < -0.39 is 0 Å². The molecule has 0 radical (unpaired) electrons. The maximum absolute atomic E-state index is 13.7. The number of rotatable bonds is 2. The van der Waals surface area contributed by atoms with Crippen LogP contribution in [0.25, 0.3) is 0 Å². The summed E-state index contributed by atoms with van der Waals surface area (Å²) in [7, 11) is 0. The van der Waals surface area contributed by atoms with Crippen LogP contribution in [0.15, 0.2) is 48.5 Å². The minimum atomic E-state index is -0.348. The van der Waals surface area contributed by atoms with E-state index in [1.165, 1.54) is 6.07 Å². The predicted molar refractivity (Wildman–Crippen MR) is 82.2 cm³/mol. The van der Waals surface area contributed by atoms with E-state index in [-0.39, 0.29) is 17.8 Å². The van der Waals surface area contributed by atoms with E-state index in [9.17, 15) is 9.18 Å². The summed E-state index contributed by atoms with van der Waals surface area (Å²) in [5.74, 6) is -0.486. The van der Waals surface area contributed by atoms with Gasteiger partial charge in [0.2, 0.25) is 0 Å². The van der Waals surface area contributed by atoms with Crippen molar-refractivity contribution in [2.24, 2.45) is 0 Å². The van der Waals surface area contributed by atoms with Gasteiger partial charge in [-0.05, 0) is 30.2 Å². The number of hydrogen-bond donors (Lipinski definition) is 0. The third kappa shape index (κ3) is 2.88. The SMILES string of the molecule is Cc1c(F)cccc1C(=O)N1CCO[C@H](c2ccccc2)C1. The molecular formula is C18H18FNO2. The van der Waals surface area contributed by atoms with Crippen molar-refractivity contribution in [1.29, 1.82) is 0 Å². The number of morpholine rings is 1. The van der Waals surface area contributed by atoms with Crippen LogP contribution in [0.5, 0.6) is 0 Å². The van der Waals surface area contributed by atoms with Crippen molar-refractivity contribution in [2.75, 3.05) is 19.7 Å². The largest absolute Gasteiger partial charge is 0.370 e. The van der Waals surface area contributed by atoms with E-state index >= 15 is 0 Å². The minimum Gasteiger partial charge on any atom is -0.370 e. The summed E-state index contributed by atoms with van der Waals surface area (Å²) < 4.78 is 19.4. The second kappa shape index (κ2) is 6.28. The molecule has 1 amide bonds. The van der Waals surface area contributed by atoms with Crippen molar-refractivity contribution in [1.82, 2.24) is 4.90 Å². The molecule has 1 aliphatic rings. The summed E-state index contributed by atoms with van der Waals surface area (Å²) >= 11 is 0. The molecule has 0 N–H and O–H groups in total. The van der Waals surface area contributed by atoms with Crippen molar-refractivity contribution >= 4 is 5.91 Å². The summed E-state index contributed by atoms with van der Waals surface area (Å²) in [5, 5.41) is 0. The Labute approximate surface area is 129 Å². The molecule has 1 heterocycles. The molecule has 1 atom stereocenters. The summed E-state index contributed by atoms with van der Waals surface area (Å²) in [5.41, 5.74) is 1.87. The molecule has 2 aromatic carbocycles. The summed E-state index contributed by atoms with van der Waals surface area (Å²) in [6.07, 6.45) is -0.132. The second-order valence-electron chi connectivity index (χ2n) is 5.43. The molecular weight excluding hydrogens is 281 g/mol. The topological polar surface area (TPSA) is 29.5 Å². The van der Waals surface area contributed by atoms with Crippen LogP contribution in [-0.2, 0) is 4.74 Å². The lowest BCUT2D eigenvalue weighted by Crippen LogP contribution is -2.42. The van der Waals surface area contributed by atoms with Gasteiger partial charge < -0.3 is 9.64 Å². The first-order chi connectivity index (χ1) is 10.7. The standard InChI is InChI=1S/C18H18FNO2/c1-13-15(8-5-9-16(13)19)18(21)20-10-11-22-17(12-20)14-6-3-2-4-7-14/h2-9,17H,10-12H2,1H3/t17-/m0/s1. The second-order valence-corrected chi connectivity index (χ2v) is 5.43. The van der Waals surface area contributed by atoms with Crippen molar-refractivity contribution in [3.8, 4) is 0 Å². The molecule has 0 aliphatic carbocycles. The van der Waals surface area contributed by atoms with Gasteiger partial charge in [0.25, 0.3) is 5.91 Å². The number of amides is 1. The zero-order chi connectivity index (χ0) is 15.5. The number of hydrogen-bond acceptors (Lipinski definition) is 2. The van der Waals surface area contributed by atoms with Crippen molar-refractivity contribution in [2.45, 2.75) is 13.0 Å². The van der Waals surface area contributed by atoms with Crippen LogP contribution >= 0.6 is 0 Å². The van der Waals surface area contributed by atoms with Gasteiger partial charge in [0.1, 0.15) is 11.9 Å². The molecule has 0 unspecified atom stereocenters. The quantitative estimate of drug-likeness (QED) is 0.851. The average Bonchev–Trinajstić information content (AvgIpc) is 2.58. The van der Waals surface area contributed by atoms with Crippen LogP contribution in [0.4, 0.5) is 4.39 Å². The van der Waals surface area contributed by atoms with Gasteiger partial charge in [-0.15, -0.1) is 0 Å². The number of ether oxygens (including phenoxy) is 1. The van der Waals surface area contributed by atoms with E-state index in [4.69, 9.17) is 4.74 Å². The summed E-state index contributed by atoms with van der Waals surface area (Å²) in [6, 6.07) is 14.5. The number of halogens is 1. The van der Waals surface area contributed by atoms with Gasteiger partial charge in [-0.1, -0.05) is 36.4 Å². The van der Waals surface area contributed by atoms with Crippen LogP contribution in [0.1, 0.15) is 27.6 Å². The fourth-order valence-corrected chi connectivity index (χ4v) is 2.71. The van der Waals surface area contributed by atoms with Crippen molar-refractivity contribution in [3.63, 3.8) is 0 Å². The van der Waals surface area contributed by atoms with Gasteiger partial charge in [-0.25, -0.2) is 4.39 Å². The first-order valence-electron chi connectivity index (χ1n) is 7.38. The Morgan fingerprint density at radius 3 is 2.73 bits per heavy atom. The Bertz CT molecular complexity index is 672. The third-order valence-corrected chi connectivity index (χ3v) is 4.02. The molecule has 0 aromatic heterocycles. The zero-order valence-corrected chi connectivity index (χ0v) is 12.5. The lowest BCUT2D eigenvalue weighted by atomic mass is 10.0. The Morgan fingerprint density at radius 2 is 1.95 bits per heavy atom. The average molecular weight is 299 g/mol. The monoisotopic (exact) mass is 299 g/mol. The summed E-state index contributed by atoms with van der Waals surface area (Å²) in [4.78, 5) is 14.4. The molecule has 0 saturated carbocycles. The smallest absolute Gasteiger partial charge is 0.254 e. The molecule has 4 heteroatoms. The van der Waals surface area contributed by atoms with Crippen molar-refractivity contribution < 1.29 is 13.9 Å². The van der Waals surface area contributed by atoms with Gasteiger partial charge in [-0.3, -0.25) is 4.79 Å². The molecule has 2 aromatic rings. The highest BCUT2D eigenvalue weighted by molar-refractivity contribution is 5.95. The maximum Gasteiger partial charge on any atom is 0.254 e. The number of benzene rings is 2. The molecule has 114 valence electrons. The van der Waals surface area contributed by atoms with Crippen LogP contribution in [0.2, 0.25) is 0 Å². The molecule has 1 saturated heterocycles. The van der Waals surface area contributed by atoms with Gasteiger partial charge in [0.05, 0.1) is 13.2 Å². The lowest BCUT2D eigenvalue weighted by molar-refractivity contribution is -0.0228. The van der Waals surface area contributed by atoms with Crippen LogP contribution < -0.4 is 0 Å². The van der Waals surface area contributed by atoms with Crippen LogP contribution in [0.3, 0.4) is 0 Å². The minimum absolute atomic E-state index is 0.132. The Morgan fingerprint density at radius 1 is 1.18 bits per heavy atom. The molecule has 0 spiro atoms. The number of nitrogens with zero attached hydrogens (tertiary/aromatic N) is 1. The Kier molecular flexibility index (Phi) is 4.20. The Balaban J connectivity index is 1.80. The zero-order valence-electron chi connectivity index (χ0n) is 12.5. The normalized spacial score (nSPS) is 18.3. The van der Waals surface area contributed by atoms with Gasteiger partial charge in [-0.2, -0.15) is 0 Å². The molecule has 3 nitrogen and oxygen atoms in total. The van der Waals surface area contributed by atoms with E-state index in [1.54, 1.807) is 24.0 Å². The van der Waals surface area contributed by atoms with Gasteiger partial charge in [0, 0.05) is 12.1 Å². The highest BCUT2D eigenvalue weighted by Crippen LogP contribution is 2.24. The number of carbonyl (C=O) groups excluding carboxylic acids is 1. The van der Waals surface area contributed by atoms with Gasteiger partial charge >= 0.3 is 0 Å². The predicted octanol–water partition coefficient (Wildman–Crippen LogP) is 3.35. The first-order valence-corrected chi connectivity index (χ1v) is 7.38. The molecule has 1 aliphatic heterocycles. The van der Waals surface area contributed by atoms with E-state index in [2.05, 4.69) is 0 Å². The molecule has 1 fully saturated rings. The third-order valence-electron chi connectivity index (χ3n) is 4.02. The van der Waals surface area contributed by atoms with Gasteiger partial charge in [0.15, 0.2) is 0 Å². The highest BCUT2D eigenvalue weighted by atomic mass is 19.1. The lowest BCUT2D eigenvalue weighted by Gasteiger charge is -2.33. The fraction of sp³-hybridized carbons (Fsp3) is 0.278. The van der Waals surface area contributed by atoms with E-state index in [1.807, 2.05) is 30.3 Å². The van der Waals surface area contributed by atoms with E-state index in [0.29, 0.717) is 30.8 Å². The maximum atomic E-state index is 13.7. The summed E-state index contributed by atoms with van der Waals surface area (Å²) in [6.45, 7) is 3.13. The van der Waals surface area contributed by atoms with Crippen LogP contribution in [-0.4, -0.2) is 30.5 Å². The van der Waals surface area contributed by atoms with Crippen LogP contribution in [0, 0.1) is 12.7 Å². The fourth-order valence-electron chi connectivity index (χ4n) is 2.71. The van der Waals surface area contributed by atoms with E-state index in [0.717, 1.165) is 5.56 Å². The highest BCUT2D eigenvalue weighted by Gasteiger charge is 2.27. The van der Waals surface area contributed by atoms with Crippen molar-refractivity contribution in [3.05, 3.63) is 71.0 Å². The molecule has 22 heavy (non-hydrogen) atoms. The molecule has 0 bridgehead atoms. The molecule has 3 rings (SSSR count).